The second-order valence-corrected chi connectivity index (χ2v) is 7.82. The number of para-hydroxylation sites is 2. The summed E-state index contributed by atoms with van der Waals surface area (Å²) in [7, 11) is 4.49. The van der Waals surface area contributed by atoms with Crippen molar-refractivity contribution in [2.75, 3.05) is 26.2 Å². The van der Waals surface area contributed by atoms with Crippen LogP contribution in [0.1, 0.15) is 22.7 Å². The summed E-state index contributed by atoms with van der Waals surface area (Å²) in [6.45, 7) is 1.92. The Labute approximate surface area is 197 Å². The van der Waals surface area contributed by atoms with Gasteiger partial charge in [-0.3, -0.25) is 14.5 Å². The Morgan fingerprint density at radius 1 is 0.824 bits per heavy atom. The summed E-state index contributed by atoms with van der Waals surface area (Å²) in [6, 6.07) is 18.4. The van der Waals surface area contributed by atoms with Crippen molar-refractivity contribution >= 4 is 23.1 Å². The quantitative estimate of drug-likeness (QED) is 0.328. The number of amides is 1. The fourth-order valence-corrected chi connectivity index (χ4v) is 4.20. The smallest absolute Gasteiger partial charge is 0.300 e. The second kappa shape index (κ2) is 9.31. The molecule has 174 valence electrons. The molecule has 1 aliphatic rings. The standard InChI is InChI=1S/C27H25NO6/c1-16-8-7-9-17(14-16)24-23(25(29)18-12-13-21(33-3)22(15-18)34-4)26(30)27(31)28(24)19-10-5-6-11-20(19)32-2/h5-15,24,29H,1-4H3/b25-23-. The van der Waals surface area contributed by atoms with Crippen LogP contribution >= 0.6 is 0 Å². The van der Waals surface area contributed by atoms with Crippen LogP contribution in [0, 0.1) is 6.92 Å². The van der Waals surface area contributed by atoms with Crippen LogP contribution in [0.3, 0.4) is 0 Å². The van der Waals surface area contributed by atoms with E-state index in [4.69, 9.17) is 14.2 Å². The molecule has 0 bridgehead atoms. The largest absolute Gasteiger partial charge is 0.507 e. The number of ketones is 1. The molecule has 1 aliphatic heterocycles. The summed E-state index contributed by atoms with van der Waals surface area (Å²) >= 11 is 0. The summed E-state index contributed by atoms with van der Waals surface area (Å²) in [5.41, 5.74) is 2.38. The van der Waals surface area contributed by atoms with E-state index < -0.39 is 17.7 Å². The van der Waals surface area contributed by atoms with Gasteiger partial charge in [0.2, 0.25) is 0 Å². The molecular formula is C27H25NO6. The van der Waals surface area contributed by atoms with E-state index in [0.29, 0.717) is 34.1 Å². The number of hydrogen-bond donors (Lipinski definition) is 1. The fourth-order valence-electron chi connectivity index (χ4n) is 4.20. The van der Waals surface area contributed by atoms with Gasteiger partial charge >= 0.3 is 0 Å². The molecular weight excluding hydrogens is 434 g/mol. The third-order valence-electron chi connectivity index (χ3n) is 5.80. The first kappa shape index (κ1) is 22.9. The minimum absolute atomic E-state index is 0.0197. The third-order valence-corrected chi connectivity index (χ3v) is 5.80. The highest BCUT2D eigenvalue weighted by atomic mass is 16.5. The first-order valence-corrected chi connectivity index (χ1v) is 10.6. The lowest BCUT2D eigenvalue weighted by Crippen LogP contribution is -2.29. The van der Waals surface area contributed by atoms with Gasteiger partial charge in [0.1, 0.15) is 11.5 Å². The van der Waals surface area contributed by atoms with Crippen LogP contribution < -0.4 is 19.1 Å². The van der Waals surface area contributed by atoms with Gasteiger partial charge in [0.15, 0.2) is 11.5 Å². The molecule has 7 heteroatoms. The van der Waals surface area contributed by atoms with Crippen molar-refractivity contribution in [2.45, 2.75) is 13.0 Å². The molecule has 7 nitrogen and oxygen atoms in total. The highest BCUT2D eigenvalue weighted by molar-refractivity contribution is 6.52. The molecule has 0 aromatic heterocycles. The van der Waals surface area contributed by atoms with Crippen LogP contribution in [0.2, 0.25) is 0 Å². The Balaban J connectivity index is 1.97. The van der Waals surface area contributed by atoms with E-state index in [9.17, 15) is 14.7 Å². The number of carbonyl (C=O) groups is 2. The number of rotatable bonds is 6. The Morgan fingerprint density at radius 3 is 2.21 bits per heavy atom. The van der Waals surface area contributed by atoms with Crippen molar-refractivity contribution in [3.8, 4) is 17.2 Å². The molecule has 4 rings (SSSR count). The number of methoxy groups -OCH3 is 3. The molecule has 3 aromatic carbocycles. The lowest BCUT2D eigenvalue weighted by molar-refractivity contribution is -0.132. The summed E-state index contributed by atoms with van der Waals surface area (Å²) in [5.74, 6) is -0.541. The highest BCUT2D eigenvalue weighted by Gasteiger charge is 2.47. The van der Waals surface area contributed by atoms with Crippen LogP contribution in [0.25, 0.3) is 5.76 Å². The normalized spacial score (nSPS) is 17.1. The molecule has 34 heavy (non-hydrogen) atoms. The minimum Gasteiger partial charge on any atom is -0.507 e. The number of aliphatic hydroxyl groups is 1. The number of nitrogens with zero attached hydrogens (tertiary/aromatic N) is 1. The number of ether oxygens (including phenoxy) is 3. The van der Waals surface area contributed by atoms with Gasteiger partial charge in [-0.2, -0.15) is 0 Å². The summed E-state index contributed by atoms with van der Waals surface area (Å²) in [5, 5.41) is 11.3. The Kier molecular flexibility index (Phi) is 6.27. The zero-order valence-electron chi connectivity index (χ0n) is 19.4. The SMILES string of the molecule is COc1ccc(/C(O)=C2/C(=O)C(=O)N(c3ccccc3OC)C2c2cccc(C)c2)cc1OC. The van der Waals surface area contributed by atoms with E-state index in [-0.39, 0.29) is 11.3 Å². The van der Waals surface area contributed by atoms with Crippen LogP contribution in [0.4, 0.5) is 5.69 Å². The summed E-state index contributed by atoms with van der Waals surface area (Å²) in [4.78, 5) is 28.1. The van der Waals surface area contributed by atoms with Crippen molar-refractivity contribution < 1.29 is 28.9 Å². The van der Waals surface area contributed by atoms with Crippen LogP contribution in [-0.4, -0.2) is 38.1 Å². The second-order valence-electron chi connectivity index (χ2n) is 7.82. The predicted molar refractivity (Wildman–Crippen MR) is 129 cm³/mol. The Morgan fingerprint density at radius 2 is 1.53 bits per heavy atom. The molecule has 0 spiro atoms. The van der Waals surface area contributed by atoms with Crippen molar-refractivity contribution in [2.24, 2.45) is 0 Å². The van der Waals surface area contributed by atoms with Gasteiger partial charge in [-0.15, -0.1) is 0 Å². The average Bonchev–Trinajstić information content (AvgIpc) is 3.13. The van der Waals surface area contributed by atoms with Gasteiger partial charge in [0.25, 0.3) is 11.7 Å². The first-order chi connectivity index (χ1) is 16.4. The molecule has 0 aliphatic carbocycles. The predicted octanol–water partition coefficient (Wildman–Crippen LogP) is 4.65. The molecule has 0 radical (unpaired) electrons. The van der Waals surface area contributed by atoms with Gasteiger partial charge in [-0.1, -0.05) is 42.0 Å². The molecule has 1 N–H and O–H groups in total. The number of carbonyl (C=O) groups excluding carboxylic acids is 2. The van der Waals surface area contributed by atoms with E-state index in [1.54, 1.807) is 42.5 Å². The fraction of sp³-hybridized carbons (Fsp3) is 0.185. The van der Waals surface area contributed by atoms with E-state index in [2.05, 4.69) is 0 Å². The number of aryl methyl sites for hydroxylation is 1. The third kappa shape index (κ3) is 3.85. The van der Waals surface area contributed by atoms with E-state index in [1.807, 2.05) is 31.2 Å². The molecule has 1 fully saturated rings. The monoisotopic (exact) mass is 459 g/mol. The van der Waals surface area contributed by atoms with E-state index in [1.165, 1.54) is 26.2 Å². The molecule has 1 heterocycles. The molecule has 1 unspecified atom stereocenters. The van der Waals surface area contributed by atoms with Crippen molar-refractivity contribution in [1.29, 1.82) is 0 Å². The van der Waals surface area contributed by atoms with Crippen LogP contribution in [0.15, 0.2) is 72.3 Å². The van der Waals surface area contributed by atoms with Gasteiger partial charge in [-0.25, -0.2) is 0 Å². The molecule has 1 saturated heterocycles. The number of anilines is 1. The van der Waals surface area contributed by atoms with E-state index in [0.717, 1.165) is 5.56 Å². The molecule has 3 aromatic rings. The average molecular weight is 459 g/mol. The maximum Gasteiger partial charge on any atom is 0.300 e. The van der Waals surface area contributed by atoms with Gasteiger partial charge in [0.05, 0.1) is 38.6 Å². The van der Waals surface area contributed by atoms with E-state index >= 15 is 0 Å². The summed E-state index contributed by atoms with van der Waals surface area (Å²) in [6.07, 6.45) is 0. The topological polar surface area (TPSA) is 85.3 Å². The number of hydrogen-bond acceptors (Lipinski definition) is 6. The van der Waals surface area contributed by atoms with Crippen LogP contribution in [-0.2, 0) is 9.59 Å². The molecule has 1 amide bonds. The van der Waals surface area contributed by atoms with Crippen molar-refractivity contribution in [3.63, 3.8) is 0 Å². The Hall–Kier alpha value is -4.26. The van der Waals surface area contributed by atoms with Gasteiger partial charge in [0, 0.05) is 5.56 Å². The number of aliphatic hydroxyl groups excluding tert-OH is 1. The molecule has 0 saturated carbocycles. The lowest BCUT2D eigenvalue weighted by atomic mass is 9.94. The van der Waals surface area contributed by atoms with Gasteiger partial charge < -0.3 is 19.3 Å². The maximum absolute atomic E-state index is 13.3. The van der Waals surface area contributed by atoms with Crippen LogP contribution in [0.5, 0.6) is 17.2 Å². The Bertz CT molecular complexity index is 1300. The molecule has 1 atom stereocenters. The zero-order valence-corrected chi connectivity index (χ0v) is 19.4. The summed E-state index contributed by atoms with van der Waals surface area (Å²) < 4.78 is 16.1. The zero-order chi connectivity index (χ0) is 24.4. The maximum atomic E-state index is 13.3. The lowest BCUT2D eigenvalue weighted by Gasteiger charge is -2.27. The number of benzene rings is 3. The van der Waals surface area contributed by atoms with Crippen molar-refractivity contribution in [1.82, 2.24) is 0 Å². The first-order valence-electron chi connectivity index (χ1n) is 10.6. The van der Waals surface area contributed by atoms with Gasteiger partial charge in [-0.05, 0) is 42.8 Å². The van der Waals surface area contributed by atoms with Crippen molar-refractivity contribution in [3.05, 3.63) is 89.0 Å². The highest BCUT2D eigenvalue weighted by Crippen LogP contribution is 2.45. The number of Topliss-reactive ketones (excluding diaryl/α,β-unsaturated/α-hetero) is 1. The minimum atomic E-state index is -0.857.